The average molecular weight is 326 g/mol. The molecule has 0 bridgehead atoms. The molecule has 0 spiro atoms. The van der Waals surface area contributed by atoms with Gasteiger partial charge in [0.05, 0.1) is 6.20 Å². The first kappa shape index (κ1) is 12.4. The number of aromatic nitrogens is 2. The highest BCUT2D eigenvalue weighted by Crippen LogP contribution is 2.32. The van der Waals surface area contributed by atoms with Crippen LogP contribution in [-0.4, -0.2) is 9.97 Å². The highest BCUT2D eigenvalue weighted by molar-refractivity contribution is 9.10. The van der Waals surface area contributed by atoms with E-state index in [1.165, 1.54) is 0 Å². The molecule has 1 aromatic heterocycles. The Hall–Kier alpha value is -1.01. The number of imidazole rings is 1. The maximum atomic E-state index is 12.4. The summed E-state index contributed by atoms with van der Waals surface area (Å²) < 4.78 is 37.7. The number of alkyl halides is 3. The summed E-state index contributed by atoms with van der Waals surface area (Å²) in [6.07, 6.45) is -3.67. The largest absolute Gasteiger partial charge is 0.432 e. The first-order chi connectivity index (χ1) is 7.88. The molecule has 2 rings (SSSR count). The summed E-state index contributed by atoms with van der Waals surface area (Å²) in [5.74, 6) is 0.140. The third-order valence-electron chi connectivity index (χ3n) is 2.07. The maximum absolute atomic E-state index is 12.4. The highest BCUT2D eigenvalue weighted by atomic mass is 79.9. The number of aromatic amines is 1. The minimum absolute atomic E-state index is 0.140. The molecule has 7 heteroatoms. The number of rotatable bonds is 1. The molecule has 17 heavy (non-hydrogen) atoms. The first-order valence-corrected chi connectivity index (χ1v) is 5.62. The van der Waals surface area contributed by atoms with Crippen LogP contribution in [0.15, 0.2) is 28.9 Å². The molecule has 90 valence electrons. The SMILES string of the molecule is FC(F)(F)c1cnc(-c2ccc(Cl)cc2Br)[nH]1. The normalized spacial score (nSPS) is 11.8. The zero-order chi connectivity index (χ0) is 12.6. The molecular weight excluding hydrogens is 320 g/mol. The van der Waals surface area contributed by atoms with Gasteiger partial charge < -0.3 is 4.98 Å². The lowest BCUT2D eigenvalue weighted by Gasteiger charge is -2.03. The minimum atomic E-state index is -4.43. The van der Waals surface area contributed by atoms with E-state index < -0.39 is 11.9 Å². The summed E-state index contributed by atoms with van der Waals surface area (Å²) >= 11 is 8.96. The molecule has 2 nitrogen and oxygen atoms in total. The Balaban J connectivity index is 2.44. The summed E-state index contributed by atoms with van der Waals surface area (Å²) in [6.45, 7) is 0. The van der Waals surface area contributed by atoms with Crippen LogP contribution >= 0.6 is 27.5 Å². The van der Waals surface area contributed by atoms with Crippen LogP contribution in [0.25, 0.3) is 11.4 Å². The van der Waals surface area contributed by atoms with Gasteiger partial charge in [-0.25, -0.2) is 4.98 Å². The topological polar surface area (TPSA) is 28.7 Å². The predicted molar refractivity (Wildman–Crippen MR) is 61.7 cm³/mol. The van der Waals surface area contributed by atoms with Crippen LogP contribution in [0.4, 0.5) is 13.2 Å². The van der Waals surface area contributed by atoms with E-state index in [1.54, 1.807) is 18.2 Å². The van der Waals surface area contributed by atoms with Crippen LogP contribution in [0.2, 0.25) is 5.02 Å². The van der Waals surface area contributed by atoms with Crippen molar-refractivity contribution in [1.29, 1.82) is 0 Å². The molecule has 0 aliphatic carbocycles. The van der Waals surface area contributed by atoms with Gasteiger partial charge in [-0.1, -0.05) is 11.6 Å². The minimum Gasteiger partial charge on any atom is -0.334 e. The van der Waals surface area contributed by atoms with Crippen molar-refractivity contribution in [2.45, 2.75) is 6.18 Å². The number of halogens is 5. The molecule has 0 saturated heterocycles. The van der Waals surface area contributed by atoms with Crippen LogP contribution in [0.5, 0.6) is 0 Å². The van der Waals surface area contributed by atoms with E-state index in [1.807, 2.05) is 0 Å². The van der Waals surface area contributed by atoms with Crippen molar-refractivity contribution >= 4 is 27.5 Å². The van der Waals surface area contributed by atoms with Gasteiger partial charge in [0.2, 0.25) is 0 Å². The van der Waals surface area contributed by atoms with Gasteiger partial charge in [0, 0.05) is 15.1 Å². The summed E-state index contributed by atoms with van der Waals surface area (Å²) in [5, 5.41) is 0.489. The lowest BCUT2D eigenvalue weighted by Crippen LogP contribution is -2.04. The maximum Gasteiger partial charge on any atom is 0.432 e. The molecule has 2 aromatic rings. The summed E-state index contributed by atoms with van der Waals surface area (Å²) in [6, 6.07) is 4.76. The number of benzene rings is 1. The lowest BCUT2D eigenvalue weighted by molar-refractivity contribution is -0.140. The Morgan fingerprint density at radius 1 is 1.29 bits per heavy atom. The summed E-state index contributed by atoms with van der Waals surface area (Å²) in [5.41, 5.74) is -0.362. The monoisotopic (exact) mass is 324 g/mol. The molecule has 1 N–H and O–H groups in total. The number of hydrogen-bond donors (Lipinski definition) is 1. The smallest absolute Gasteiger partial charge is 0.334 e. The number of hydrogen-bond acceptors (Lipinski definition) is 1. The Kier molecular flexibility index (Phi) is 3.18. The first-order valence-electron chi connectivity index (χ1n) is 4.45. The van der Waals surface area contributed by atoms with Gasteiger partial charge in [0.15, 0.2) is 0 Å². The van der Waals surface area contributed by atoms with Crippen LogP contribution < -0.4 is 0 Å². The predicted octanol–water partition coefficient (Wildman–Crippen LogP) is 4.51. The zero-order valence-electron chi connectivity index (χ0n) is 8.15. The summed E-state index contributed by atoms with van der Waals surface area (Å²) in [4.78, 5) is 5.92. The van der Waals surface area contributed by atoms with Gasteiger partial charge in [0.1, 0.15) is 11.5 Å². The molecule has 0 aliphatic heterocycles. The zero-order valence-corrected chi connectivity index (χ0v) is 10.5. The van der Waals surface area contributed by atoms with E-state index in [2.05, 4.69) is 25.9 Å². The van der Waals surface area contributed by atoms with E-state index in [0.717, 1.165) is 6.20 Å². The van der Waals surface area contributed by atoms with E-state index in [0.29, 0.717) is 15.1 Å². The molecule has 1 heterocycles. The van der Waals surface area contributed by atoms with Crippen LogP contribution in [0, 0.1) is 0 Å². The van der Waals surface area contributed by atoms with E-state index in [-0.39, 0.29) is 5.82 Å². The molecule has 0 amide bonds. The number of H-pyrrole nitrogens is 1. The third kappa shape index (κ3) is 2.63. The van der Waals surface area contributed by atoms with Gasteiger partial charge >= 0.3 is 6.18 Å². The van der Waals surface area contributed by atoms with Crippen molar-refractivity contribution in [2.24, 2.45) is 0 Å². The van der Waals surface area contributed by atoms with Gasteiger partial charge in [-0.2, -0.15) is 13.2 Å². The molecular formula is C10H5BrClF3N2. The fourth-order valence-corrected chi connectivity index (χ4v) is 2.15. The Morgan fingerprint density at radius 2 is 2.00 bits per heavy atom. The second-order valence-electron chi connectivity index (χ2n) is 3.27. The second kappa shape index (κ2) is 4.34. The fourth-order valence-electron chi connectivity index (χ4n) is 1.28. The number of nitrogens with zero attached hydrogens (tertiary/aromatic N) is 1. The Labute approximate surface area is 108 Å². The van der Waals surface area contributed by atoms with Gasteiger partial charge in [-0.05, 0) is 34.1 Å². The fraction of sp³-hybridized carbons (Fsp3) is 0.100. The second-order valence-corrected chi connectivity index (χ2v) is 4.56. The van der Waals surface area contributed by atoms with Crippen LogP contribution in [0.3, 0.4) is 0 Å². The van der Waals surface area contributed by atoms with E-state index in [9.17, 15) is 13.2 Å². The van der Waals surface area contributed by atoms with Crippen molar-refractivity contribution < 1.29 is 13.2 Å². The molecule has 0 fully saturated rings. The standard InChI is InChI=1S/C10H5BrClF3N2/c11-7-3-5(12)1-2-6(7)9-16-4-8(17-9)10(13,14)15/h1-4H,(H,16,17). The van der Waals surface area contributed by atoms with Crippen LogP contribution in [-0.2, 0) is 6.18 Å². The van der Waals surface area contributed by atoms with Crippen molar-refractivity contribution in [1.82, 2.24) is 9.97 Å². The van der Waals surface area contributed by atoms with E-state index >= 15 is 0 Å². The van der Waals surface area contributed by atoms with Gasteiger partial charge in [-0.3, -0.25) is 0 Å². The van der Waals surface area contributed by atoms with Crippen LogP contribution in [0.1, 0.15) is 5.69 Å². The van der Waals surface area contributed by atoms with Crippen molar-refractivity contribution in [3.63, 3.8) is 0 Å². The highest BCUT2D eigenvalue weighted by Gasteiger charge is 2.33. The molecule has 0 aliphatic rings. The van der Waals surface area contributed by atoms with Crippen molar-refractivity contribution in [3.05, 3.63) is 39.6 Å². The molecule has 0 radical (unpaired) electrons. The van der Waals surface area contributed by atoms with Crippen molar-refractivity contribution in [3.8, 4) is 11.4 Å². The van der Waals surface area contributed by atoms with Gasteiger partial charge in [-0.15, -0.1) is 0 Å². The number of nitrogens with one attached hydrogen (secondary N) is 1. The van der Waals surface area contributed by atoms with Crippen molar-refractivity contribution in [2.75, 3.05) is 0 Å². The Bertz CT molecular complexity index is 551. The third-order valence-corrected chi connectivity index (χ3v) is 2.96. The van der Waals surface area contributed by atoms with Gasteiger partial charge in [0.25, 0.3) is 0 Å². The Morgan fingerprint density at radius 3 is 2.53 bits per heavy atom. The quantitative estimate of drug-likeness (QED) is 0.821. The molecule has 0 unspecified atom stereocenters. The molecule has 0 atom stereocenters. The molecule has 0 saturated carbocycles. The van der Waals surface area contributed by atoms with E-state index in [4.69, 9.17) is 11.6 Å². The average Bonchev–Trinajstić information content (AvgIpc) is 2.65. The lowest BCUT2D eigenvalue weighted by atomic mass is 10.2. The summed E-state index contributed by atoms with van der Waals surface area (Å²) in [7, 11) is 0. The molecule has 1 aromatic carbocycles.